The Morgan fingerprint density at radius 2 is 1.95 bits per heavy atom. The summed E-state index contributed by atoms with van der Waals surface area (Å²) >= 11 is 0. The molecule has 1 rings (SSSR count). The van der Waals surface area contributed by atoms with Gasteiger partial charge in [0.05, 0.1) is 5.60 Å². The average molecular weight is 279 g/mol. The van der Waals surface area contributed by atoms with Gasteiger partial charge in [-0.25, -0.2) is 4.79 Å². The van der Waals surface area contributed by atoms with E-state index in [0.29, 0.717) is 12.0 Å². The van der Waals surface area contributed by atoms with Crippen LogP contribution in [-0.2, 0) is 4.79 Å². The monoisotopic (exact) mass is 279 g/mol. The molecule has 0 spiro atoms. The fraction of sp³-hybridized carbons (Fsp3) is 0.429. The third kappa shape index (κ3) is 4.89. The lowest BCUT2D eigenvalue weighted by Crippen LogP contribution is -2.46. The lowest BCUT2D eigenvalue weighted by atomic mass is 10.0. The van der Waals surface area contributed by atoms with Crippen LogP contribution in [0, 0.1) is 0 Å². The molecule has 1 aromatic carbocycles. The van der Waals surface area contributed by atoms with Gasteiger partial charge >= 0.3 is 6.03 Å². The van der Waals surface area contributed by atoms with Gasteiger partial charge < -0.3 is 21.5 Å². The summed E-state index contributed by atoms with van der Waals surface area (Å²) in [5, 5.41) is 14.9. The van der Waals surface area contributed by atoms with Crippen LogP contribution in [-0.4, -0.2) is 29.2 Å². The van der Waals surface area contributed by atoms with E-state index in [4.69, 9.17) is 5.73 Å². The number of nitrogens with one attached hydrogen (secondary N) is 2. The molecule has 0 fully saturated rings. The molecule has 20 heavy (non-hydrogen) atoms. The number of nitrogens with two attached hydrogens (primary N) is 1. The number of amides is 3. The molecular weight excluding hydrogens is 258 g/mol. The lowest BCUT2D eigenvalue weighted by molar-refractivity contribution is -0.124. The van der Waals surface area contributed by atoms with Crippen molar-refractivity contribution in [1.82, 2.24) is 10.6 Å². The molecule has 6 heteroatoms. The third-order valence-corrected chi connectivity index (χ3v) is 3.09. The van der Waals surface area contributed by atoms with E-state index in [1.54, 1.807) is 31.2 Å². The zero-order valence-electron chi connectivity index (χ0n) is 11.7. The van der Waals surface area contributed by atoms with Crippen LogP contribution < -0.4 is 16.4 Å². The van der Waals surface area contributed by atoms with E-state index in [-0.39, 0.29) is 6.54 Å². The summed E-state index contributed by atoms with van der Waals surface area (Å²) in [7, 11) is 0. The molecule has 0 aliphatic carbocycles. The summed E-state index contributed by atoms with van der Waals surface area (Å²) in [6.07, 6.45) is 0.506. The van der Waals surface area contributed by atoms with Gasteiger partial charge in [0.2, 0.25) is 5.91 Å². The molecule has 0 aromatic heterocycles. The summed E-state index contributed by atoms with van der Waals surface area (Å²) in [5.74, 6) is -0.413. The van der Waals surface area contributed by atoms with Crippen LogP contribution >= 0.6 is 0 Å². The minimum atomic E-state index is -0.983. The highest BCUT2D eigenvalue weighted by Gasteiger charge is 2.24. The molecule has 3 amide bonds. The molecule has 6 nitrogen and oxygen atoms in total. The van der Waals surface area contributed by atoms with Gasteiger partial charge in [0, 0.05) is 6.54 Å². The summed E-state index contributed by atoms with van der Waals surface area (Å²) in [4.78, 5) is 23.2. The minimum Gasteiger partial charge on any atom is -0.388 e. The second kappa shape index (κ2) is 6.91. The van der Waals surface area contributed by atoms with Crippen LogP contribution in [0.5, 0.6) is 0 Å². The molecule has 0 saturated heterocycles. The Kier molecular flexibility index (Phi) is 5.52. The Hall–Kier alpha value is -2.08. The molecule has 0 bridgehead atoms. The molecule has 0 radical (unpaired) electrons. The highest BCUT2D eigenvalue weighted by Crippen LogP contribution is 2.13. The summed E-state index contributed by atoms with van der Waals surface area (Å²) in [6.45, 7) is 3.56. The summed E-state index contributed by atoms with van der Waals surface area (Å²) in [6, 6.07) is 7.12. The van der Waals surface area contributed by atoms with Crippen LogP contribution in [0.3, 0.4) is 0 Å². The van der Waals surface area contributed by atoms with Crippen molar-refractivity contribution in [1.29, 1.82) is 0 Å². The van der Waals surface area contributed by atoms with Gasteiger partial charge in [-0.15, -0.1) is 0 Å². The topological polar surface area (TPSA) is 104 Å². The predicted octanol–water partition coefficient (Wildman–Crippen LogP) is 0.673. The molecule has 2 unspecified atom stereocenters. The van der Waals surface area contributed by atoms with Crippen molar-refractivity contribution < 1.29 is 14.7 Å². The molecule has 110 valence electrons. The van der Waals surface area contributed by atoms with Crippen molar-refractivity contribution in [2.24, 2.45) is 5.73 Å². The molecule has 2 atom stereocenters. The lowest BCUT2D eigenvalue weighted by Gasteiger charge is -2.24. The SMILES string of the molecule is CCC(C)(O)CNC(=O)C(NC(N)=O)c1ccccc1. The molecule has 1 aromatic rings. The highest BCUT2D eigenvalue weighted by atomic mass is 16.3. The number of carbonyl (C=O) groups excluding carboxylic acids is 2. The van der Waals surface area contributed by atoms with Gasteiger partial charge in [-0.2, -0.15) is 0 Å². The third-order valence-electron chi connectivity index (χ3n) is 3.09. The van der Waals surface area contributed by atoms with Crippen LogP contribution in [0.25, 0.3) is 0 Å². The first-order chi connectivity index (χ1) is 9.35. The summed E-state index contributed by atoms with van der Waals surface area (Å²) < 4.78 is 0. The molecule has 0 heterocycles. The second-order valence-corrected chi connectivity index (χ2v) is 4.92. The van der Waals surface area contributed by atoms with Crippen molar-refractivity contribution in [3.05, 3.63) is 35.9 Å². The van der Waals surface area contributed by atoms with Crippen molar-refractivity contribution in [2.45, 2.75) is 31.9 Å². The number of hydrogen-bond acceptors (Lipinski definition) is 3. The van der Waals surface area contributed by atoms with Crippen molar-refractivity contribution in [3.63, 3.8) is 0 Å². The van der Waals surface area contributed by atoms with Crippen molar-refractivity contribution in [3.8, 4) is 0 Å². The van der Waals surface area contributed by atoms with Crippen LogP contribution in [0.2, 0.25) is 0 Å². The number of aliphatic hydroxyl groups is 1. The second-order valence-electron chi connectivity index (χ2n) is 4.92. The first kappa shape index (κ1) is 16.0. The molecule has 5 N–H and O–H groups in total. The molecule has 0 aliphatic rings. The normalized spacial score (nSPS) is 14.9. The summed E-state index contributed by atoms with van der Waals surface area (Å²) in [5.41, 5.74) is 4.74. The van der Waals surface area contributed by atoms with E-state index in [9.17, 15) is 14.7 Å². The van der Waals surface area contributed by atoms with E-state index < -0.39 is 23.6 Å². The first-order valence-corrected chi connectivity index (χ1v) is 6.47. The number of primary amides is 1. The van der Waals surface area contributed by atoms with Gasteiger partial charge in [0.25, 0.3) is 0 Å². The quantitative estimate of drug-likeness (QED) is 0.615. The Balaban J connectivity index is 2.79. The maximum atomic E-state index is 12.1. The zero-order chi connectivity index (χ0) is 15.2. The first-order valence-electron chi connectivity index (χ1n) is 6.47. The molecular formula is C14H21N3O3. The maximum absolute atomic E-state index is 12.1. The number of carbonyl (C=O) groups is 2. The Bertz CT molecular complexity index is 460. The average Bonchev–Trinajstić information content (AvgIpc) is 2.43. The zero-order valence-corrected chi connectivity index (χ0v) is 11.7. The van der Waals surface area contributed by atoms with Crippen molar-refractivity contribution >= 4 is 11.9 Å². The number of hydrogen-bond donors (Lipinski definition) is 4. The van der Waals surface area contributed by atoms with Gasteiger partial charge in [0.15, 0.2) is 0 Å². The Morgan fingerprint density at radius 3 is 2.45 bits per heavy atom. The number of benzene rings is 1. The number of urea groups is 1. The van der Waals surface area contributed by atoms with Gasteiger partial charge in [-0.3, -0.25) is 4.79 Å². The minimum absolute atomic E-state index is 0.103. The van der Waals surface area contributed by atoms with E-state index in [1.807, 2.05) is 13.0 Å². The fourth-order valence-electron chi connectivity index (χ4n) is 1.59. The Morgan fingerprint density at radius 1 is 1.35 bits per heavy atom. The van der Waals surface area contributed by atoms with Gasteiger partial charge in [-0.1, -0.05) is 37.3 Å². The molecule has 0 saturated carbocycles. The highest BCUT2D eigenvalue weighted by molar-refractivity contribution is 5.87. The van der Waals surface area contributed by atoms with E-state index in [2.05, 4.69) is 10.6 Å². The van der Waals surface area contributed by atoms with Crippen LogP contribution in [0.4, 0.5) is 4.79 Å². The number of rotatable bonds is 6. The van der Waals surface area contributed by atoms with E-state index >= 15 is 0 Å². The predicted molar refractivity (Wildman–Crippen MR) is 75.8 cm³/mol. The van der Waals surface area contributed by atoms with Crippen molar-refractivity contribution in [2.75, 3.05) is 6.54 Å². The van der Waals surface area contributed by atoms with Gasteiger partial charge in [-0.05, 0) is 18.9 Å². The fourth-order valence-corrected chi connectivity index (χ4v) is 1.59. The largest absolute Gasteiger partial charge is 0.388 e. The van der Waals surface area contributed by atoms with E-state index in [1.165, 1.54) is 0 Å². The maximum Gasteiger partial charge on any atom is 0.313 e. The van der Waals surface area contributed by atoms with E-state index in [0.717, 1.165) is 0 Å². The molecule has 0 aliphatic heterocycles. The van der Waals surface area contributed by atoms with Crippen LogP contribution in [0.15, 0.2) is 30.3 Å². The standard InChI is InChI=1S/C14H21N3O3/c1-3-14(2,20)9-16-12(18)11(17-13(15)19)10-7-5-4-6-8-10/h4-8,11,20H,3,9H2,1-2H3,(H,16,18)(H3,15,17,19). The van der Waals surface area contributed by atoms with Gasteiger partial charge in [0.1, 0.15) is 6.04 Å². The smallest absolute Gasteiger partial charge is 0.313 e. The van der Waals surface area contributed by atoms with Crippen LogP contribution in [0.1, 0.15) is 31.9 Å². The Labute approximate surface area is 118 Å².